The maximum atomic E-state index is 11.7. The van der Waals surface area contributed by atoms with E-state index in [1.807, 2.05) is 30.3 Å². The molecule has 0 aliphatic carbocycles. The monoisotopic (exact) mass is 234 g/mol. The van der Waals surface area contributed by atoms with Crippen molar-refractivity contribution in [3.8, 4) is 0 Å². The first kappa shape index (κ1) is 12.1. The molecule has 2 atom stereocenters. The average Bonchev–Trinajstić information content (AvgIpc) is 2.90. The van der Waals surface area contributed by atoms with Crippen LogP contribution in [0.5, 0.6) is 0 Å². The summed E-state index contributed by atoms with van der Waals surface area (Å²) in [5.74, 6) is -0.326. The molecule has 1 saturated heterocycles. The van der Waals surface area contributed by atoms with Gasteiger partial charge in [0, 0.05) is 6.04 Å². The Bertz CT molecular complexity index is 361. The maximum Gasteiger partial charge on any atom is 0.324 e. The van der Waals surface area contributed by atoms with Crippen molar-refractivity contribution in [2.24, 2.45) is 5.73 Å². The van der Waals surface area contributed by atoms with E-state index >= 15 is 0 Å². The van der Waals surface area contributed by atoms with Gasteiger partial charge in [0.1, 0.15) is 12.6 Å². The minimum Gasteiger partial charge on any atom is -0.460 e. The Morgan fingerprint density at radius 2 is 2.24 bits per heavy atom. The van der Waals surface area contributed by atoms with Crippen LogP contribution in [0, 0.1) is 0 Å². The van der Waals surface area contributed by atoms with E-state index in [0.29, 0.717) is 6.61 Å². The van der Waals surface area contributed by atoms with Gasteiger partial charge >= 0.3 is 5.97 Å². The molecule has 4 heteroatoms. The van der Waals surface area contributed by atoms with E-state index in [2.05, 4.69) is 5.32 Å². The number of hydrogen-bond acceptors (Lipinski definition) is 4. The first-order valence-corrected chi connectivity index (χ1v) is 5.97. The Morgan fingerprint density at radius 3 is 2.88 bits per heavy atom. The number of nitrogens with two attached hydrogens (primary N) is 1. The van der Waals surface area contributed by atoms with E-state index in [4.69, 9.17) is 10.5 Å². The molecule has 17 heavy (non-hydrogen) atoms. The number of nitrogens with one attached hydrogen (secondary N) is 1. The van der Waals surface area contributed by atoms with Crippen LogP contribution >= 0.6 is 0 Å². The summed E-state index contributed by atoms with van der Waals surface area (Å²) in [4.78, 5) is 11.7. The zero-order valence-corrected chi connectivity index (χ0v) is 9.76. The Balaban J connectivity index is 1.80. The van der Waals surface area contributed by atoms with Gasteiger partial charge in [-0.1, -0.05) is 30.3 Å². The summed E-state index contributed by atoms with van der Waals surface area (Å²) in [7, 11) is 0. The SMILES string of the molecule is N[C@@H](C(=O)OCc1ccccc1)[C@@H]1CCCN1. The lowest BCUT2D eigenvalue weighted by Gasteiger charge is -2.17. The van der Waals surface area contributed by atoms with Gasteiger partial charge in [0.25, 0.3) is 0 Å². The van der Waals surface area contributed by atoms with Crippen molar-refractivity contribution in [1.29, 1.82) is 0 Å². The van der Waals surface area contributed by atoms with Gasteiger partial charge in [0.05, 0.1) is 0 Å². The molecule has 0 spiro atoms. The van der Waals surface area contributed by atoms with Crippen molar-refractivity contribution >= 4 is 5.97 Å². The zero-order chi connectivity index (χ0) is 12.1. The summed E-state index contributed by atoms with van der Waals surface area (Å²) < 4.78 is 5.20. The van der Waals surface area contributed by atoms with E-state index in [1.165, 1.54) is 0 Å². The summed E-state index contributed by atoms with van der Waals surface area (Å²) in [5, 5.41) is 3.21. The predicted molar refractivity (Wildman–Crippen MR) is 65.2 cm³/mol. The Hall–Kier alpha value is -1.39. The normalized spacial score (nSPS) is 21.1. The third-order valence-electron chi connectivity index (χ3n) is 3.03. The fourth-order valence-corrected chi connectivity index (χ4v) is 2.01. The van der Waals surface area contributed by atoms with E-state index in [9.17, 15) is 4.79 Å². The van der Waals surface area contributed by atoms with Crippen LogP contribution in [-0.4, -0.2) is 24.6 Å². The molecule has 0 saturated carbocycles. The fraction of sp³-hybridized carbons (Fsp3) is 0.462. The lowest BCUT2D eigenvalue weighted by molar-refractivity contribution is -0.147. The lowest BCUT2D eigenvalue weighted by atomic mass is 10.1. The Morgan fingerprint density at radius 1 is 1.47 bits per heavy atom. The number of carbonyl (C=O) groups is 1. The third-order valence-corrected chi connectivity index (χ3v) is 3.03. The van der Waals surface area contributed by atoms with Gasteiger partial charge in [-0.3, -0.25) is 4.79 Å². The van der Waals surface area contributed by atoms with Crippen molar-refractivity contribution in [1.82, 2.24) is 5.32 Å². The molecular weight excluding hydrogens is 216 g/mol. The fourth-order valence-electron chi connectivity index (χ4n) is 2.01. The summed E-state index contributed by atoms with van der Waals surface area (Å²) in [5.41, 5.74) is 6.83. The molecule has 1 heterocycles. The van der Waals surface area contributed by atoms with Crippen LogP contribution in [0.4, 0.5) is 0 Å². The molecule has 1 aliphatic rings. The van der Waals surface area contributed by atoms with Gasteiger partial charge in [0.2, 0.25) is 0 Å². The first-order chi connectivity index (χ1) is 8.27. The second-order valence-electron chi connectivity index (χ2n) is 4.32. The molecule has 0 unspecified atom stereocenters. The minimum absolute atomic E-state index is 0.0678. The summed E-state index contributed by atoms with van der Waals surface area (Å²) in [6.45, 7) is 1.23. The van der Waals surface area contributed by atoms with Gasteiger partial charge < -0.3 is 15.8 Å². The van der Waals surface area contributed by atoms with E-state index in [0.717, 1.165) is 24.9 Å². The van der Waals surface area contributed by atoms with Gasteiger partial charge in [-0.25, -0.2) is 0 Å². The molecule has 1 aliphatic heterocycles. The topological polar surface area (TPSA) is 64.4 Å². The molecular formula is C13H18N2O2. The number of ether oxygens (including phenoxy) is 1. The summed E-state index contributed by atoms with van der Waals surface area (Å²) in [6.07, 6.45) is 2.02. The number of carbonyl (C=O) groups excluding carboxylic acids is 1. The average molecular weight is 234 g/mol. The number of hydrogen-bond donors (Lipinski definition) is 2. The lowest BCUT2D eigenvalue weighted by Crippen LogP contribution is -2.47. The second kappa shape index (κ2) is 5.80. The van der Waals surface area contributed by atoms with Crippen LogP contribution in [0.25, 0.3) is 0 Å². The minimum atomic E-state index is -0.554. The molecule has 3 N–H and O–H groups in total. The van der Waals surface area contributed by atoms with Gasteiger partial charge in [-0.05, 0) is 24.9 Å². The largest absolute Gasteiger partial charge is 0.460 e. The first-order valence-electron chi connectivity index (χ1n) is 5.97. The van der Waals surface area contributed by atoms with E-state index < -0.39 is 6.04 Å². The highest BCUT2D eigenvalue weighted by Crippen LogP contribution is 2.10. The molecule has 0 radical (unpaired) electrons. The van der Waals surface area contributed by atoms with Gasteiger partial charge in [0.15, 0.2) is 0 Å². The second-order valence-corrected chi connectivity index (χ2v) is 4.32. The molecule has 0 aromatic heterocycles. The smallest absolute Gasteiger partial charge is 0.324 e. The van der Waals surface area contributed by atoms with Crippen molar-refractivity contribution in [3.63, 3.8) is 0 Å². The van der Waals surface area contributed by atoms with E-state index in [1.54, 1.807) is 0 Å². The van der Waals surface area contributed by atoms with Crippen molar-refractivity contribution in [2.75, 3.05) is 6.54 Å². The molecule has 1 aromatic rings. The van der Waals surface area contributed by atoms with Crippen molar-refractivity contribution in [3.05, 3.63) is 35.9 Å². The molecule has 92 valence electrons. The molecule has 0 bridgehead atoms. The highest BCUT2D eigenvalue weighted by molar-refractivity contribution is 5.76. The molecule has 4 nitrogen and oxygen atoms in total. The zero-order valence-electron chi connectivity index (χ0n) is 9.76. The Kier molecular flexibility index (Phi) is 4.12. The van der Waals surface area contributed by atoms with Gasteiger partial charge in [-0.15, -0.1) is 0 Å². The summed E-state index contributed by atoms with van der Waals surface area (Å²) in [6, 6.07) is 9.13. The summed E-state index contributed by atoms with van der Waals surface area (Å²) >= 11 is 0. The van der Waals surface area contributed by atoms with Crippen LogP contribution in [0.1, 0.15) is 18.4 Å². The molecule has 0 amide bonds. The molecule has 1 aromatic carbocycles. The van der Waals surface area contributed by atoms with Crippen molar-refractivity contribution in [2.45, 2.75) is 31.5 Å². The maximum absolute atomic E-state index is 11.7. The number of rotatable bonds is 4. The quantitative estimate of drug-likeness (QED) is 0.757. The molecule has 1 fully saturated rings. The predicted octanol–water partition coefficient (Wildman–Crippen LogP) is 0.809. The Labute approximate surface area is 101 Å². The highest BCUT2D eigenvalue weighted by Gasteiger charge is 2.28. The standard InChI is InChI=1S/C13H18N2O2/c14-12(11-7-4-8-15-11)13(16)17-9-10-5-2-1-3-6-10/h1-3,5-6,11-12,15H,4,7-9,14H2/t11-,12+/m0/s1. The third kappa shape index (κ3) is 3.28. The van der Waals surface area contributed by atoms with Crippen molar-refractivity contribution < 1.29 is 9.53 Å². The number of esters is 1. The van der Waals surface area contributed by atoms with Crippen LogP contribution in [0.2, 0.25) is 0 Å². The van der Waals surface area contributed by atoms with Crippen LogP contribution in [0.15, 0.2) is 30.3 Å². The van der Waals surface area contributed by atoms with E-state index in [-0.39, 0.29) is 12.0 Å². The highest BCUT2D eigenvalue weighted by atomic mass is 16.5. The van der Waals surface area contributed by atoms with Gasteiger partial charge in [-0.2, -0.15) is 0 Å². The number of benzene rings is 1. The van der Waals surface area contributed by atoms with Crippen LogP contribution in [-0.2, 0) is 16.1 Å². The van der Waals surface area contributed by atoms with Crippen LogP contribution < -0.4 is 11.1 Å². The van der Waals surface area contributed by atoms with Crippen LogP contribution in [0.3, 0.4) is 0 Å². The molecule has 2 rings (SSSR count).